The zero-order chi connectivity index (χ0) is 20.3. The van der Waals surface area contributed by atoms with E-state index in [1.165, 1.54) is 35.2 Å². The quantitative estimate of drug-likeness (QED) is 0.719. The number of benzene rings is 2. The van der Waals surface area contributed by atoms with E-state index in [1.54, 1.807) is 18.2 Å². The van der Waals surface area contributed by atoms with Crippen LogP contribution in [0.4, 0.5) is 4.39 Å². The van der Waals surface area contributed by atoms with Gasteiger partial charge < -0.3 is 9.64 Å². The highest BCUT2D eigenvalue weighted by Gasteiger charge is 2.42. The average Bonchev–Trinajstić information content (AvgIpc) is 2.72. The molecule has 0 bridgehead atoms. The number of amides is 1. The Balaban J connectivity index is 1.88. The van der Waals surface area contributed by atoms with Gasteiger partial charge in [0.05, 0.1) is 12.0 Å². The second-order valence-electron chi connectivity index (χ2n) is 6.23. The minimum absolute atomic E-state index is 0.0498. The predicted molar refractivity (Wildman–Crippen MR) is 98.4 cm³/mol. The highest BCUT2D eigenvalue weighted by atomic mass is 32.2. The molecular weight excluding hydrogens is 387 g/mol. The van der Waals surface area contributed by atoms with Crippen LogP contribution in [0.1, 0.15) is 10.4 Å². The lowest BCUT2D eigenvalue weighted by Crippen LogP contribution is -2.59. The minimum atomic E-state index is -3.95. The average molecular weight is 406 g/mol. The second kappa shape index (κ2) is 8.07. The molecule has 0 aromatic heterocycles. The van der Waals surface area contributed by atoms with E-state index >= 15 is 0 Å². The molecular formula is C19H19FN2O5S. The molecule has 3 rings (SSSR count). The van der Waals surface area contributed by atoms with E-state index in [0.29, 0.717) is 0 Å². The van der Waals surface area contributed by atoms with Crippen molar-refractivity contribution in [1.82, 2.24) is 9.21 Å². The van der Waals surface area contributed by atoms with Crippen molar-refractivity contribution in [2.75, 3.05) is 26.7 Å². The Labute approximate surface area is 162 Å². The van der Waals surface area contributed by atoms with E-state index < -0.39 is 33.8 Å². The maximum Gasteiger partial charge on any atom is 0.326 e. The van der Waals surface area contributed by atoms with E-state index in [4.69, 9.17) is 4.74 Å². The van der Waals surface area contributed by atoms with Crippen molar-refractivity contribution in [3.05, 3.63) is 66.0 Å². The molecule has 1 amide bonds. The third-order valence-corrected chi connectivity index (χ3v) is 6.44. The smallest absolute Gasteiger partial charge is 0.326 e. The molecule has 148 valence electrons. The summed E-state index contributed by atoms with van der Waals surface area (Å²) >= 11 is 0. The number of rotatable bonds is 4. The van der Waals surface area contributed by atoms with Gasteiger partial charge in [-0.2, -0.15) is 4.31 Å². The number of piperazine rings is 1. The zero-order valence-corrected chi connectivity index (χ0v) is 15.9. The van der Waals surface area contributed by atoms with Crippen molar-refractivity contribution in [1.29, 1.82) is 0 Å². The number of esters is 1. The lowest BCUT2D eigenvalue weighted by Gasteiger charge is -2.39. The van der Waals surface area contributed by atoms with Crippen LogP contribution in [0.3, 0.4) is 0 Å². The van der Waals surface area contributed by atoms with Gasteiger partial charge in [0.15, 0.2) is 0 Å². The number of hydrogen-bond acceptors (Lipinski definition) is 5. The maximum atomic E-state index is 13.4. The molecule has 1 saturated heterocycles. The second-order valence-corrected chi connectivity index (χ2v) is 8.12. The van der Waals surface area contributed by atoms with E-state index in [1.807, 2.05) is 0 Å². The van der Waals surface area contributed by atoms with Crippen LogP contribution in [-0.2, 0) is 19.6 Å². The van der Waals surface area contributed by atoms with E-state index in [0.717, 1.165) is 17.5 Å². The van der Waals surface area contributed by atoms with Crippen molar-refractivity contribution < 1.29 is 27.1 Å². The molecule has 28 heavy (non-hydrogen) atoms. The first-order valence-electron chi connectivity index (χ1n) is 8.54. The monoisotopic (exact) mass is 406 g/mol. The van der Waals surface area contributed by atoms with Crippen molar-refractivity contribution in [2.24, 2.45) is 0 Å². The van der Waals surface area contributed by atoms with Gasteiger partial charge in [-0.1, -0.05) is 24.3 Å². The molecule has 2 aromatic carbocycles. The Morgan fingerprint density at radius 1 is 1.07 bits per heavy atom. The van der Waals surface area contributed by atoms with Gasteiger partial charge in [-0.05, 0) is 30.3 Å². The van der Waals surface area contributed by atoms with Crippen LogP contribution in [-0.4, -0.2) is 62.3 Å². The zero-order valence-electron chi connectivity index (χ0n) is 15.1. The maximum absolute atomic E-state index is 13.4. The van der Waals surface area contributed by atoms with Crippen molar-refractivity contribution in [3.8, 4) is 0 Å². The van der Waals surface area contributed by atoms with Crippen LogP contribution in [0, 0.1) is 5.82 Å². The van der Waals surface area contributed by atoms with Crippen LogP contribution in [0.15, 0.2) is 59.5 Å². The van der Waals surface area contributed by atoms with Crippen LogP contribution in [0.5, 0.6) is 0 Å². The van der Waals surface area contributed by atoms with Crippen molar-refractivity contribution in [3.63, 3.8) is 0 Å². The molecule has 0 spiro atoms. The Bertz CT molecular complexity index is 981. The Kier molecular flexibility index (Phi) is 5.76. The van der Waals surface area contributed by atoms with Crippen LogP contribution < -0.4 is 0 Å². The number of halogens is 1. The van der Waals surface area contributed by atoms with Crippen LogP contribution in [0.25, 0.3) is 0 Å². The van der Waals surface area contributed by atoms with Gasteiger partial charge in [0.25, 0.3) is 5.91 Å². The normalized spacial score (nSPS) is 17.9. The summed E-state index contributed by atoms with van der Waals surface area (Å²) in [5, 5.41) is 0. The highest BCUT2D eigenvalue weighted by molar-refractivity contribution is 7.89. The SMILES string of the molecule is COC(=O)[C@@H]1CN(C(=O)c2cccc(F)c2)CCN1S(=O)(=O)c1ccccc1. The molecule has 1 atom stereocenters. The first-order valence-corrected chi connectivity index (χ1v) is 9.98. The fourth-order valence-corrected chi connectivity index (χ4v) is 4.68. The molecule has 2 aromatic rings. The summed E-state index contributed by atoms with van der Waals surface area (Å²) in [4.78, 5) is 26.3. The van der Waals surface area contributed by atoms with E-state index in [-0.39, 0.29) is 30.1 Å². The molecule has 0 saturated carbocycles. The van der Waals surface area contributed by atoms with E-state index in [2.05, 4.69) is 0 Å². The number of methoxy groups -OCH3 is 1. The topological polar surface area (TPSA) is 84.0 Å². The molecule has 0 unspecified atom stereocenters. The summed E-state index contributed by atoms with van der Waals surface area (Å²) in [5.41, 5.74) is 0.128. The van der Waals surface area contributed by atoms with Gasteiger partial charge in [-0.25, -0.2) is 12.8 Å². The Morgan fingerprint density at radius 2 is 1.79 bits per heavy atom. The van der Waals surface area contributed by atoms with Gasteiger partial charge in [0.1, 0.15) is 11.9 Å². The summed E-state index contributed by atoms with van der Waals surface area (Å²) in [5.74, 6) is -1.80. The Morgan fingerprint density at radius 3 is 2.43 bits per heavy atom. The van der Waals surface area contributed by atoms with Crippen LogP contribution in [0.2, 0.25) is 0 Å². The lowest BCUT2D eigenvalue weighted by molar-refractivity contribution is -0.146. The summed E-state index contributed by atoms with van der Waals surface area (Å²) in [7, 11) is -2.80. The molecule has 1 fully saturated rings. The highest BCUT2D eigenvalue weighted by Crippen LogP contribution is 2.23. The fourth-order valence-electron chi connectivity index (χ4n) is 3.10. The van der Waals surface area contributed by atoms with E-state index in [9.17, 15) is 22.4 Å². The number of sulfonamides is 1. The molecule has 0 aliphatic carbocycles. The van der Waals surface area contributed by atoms with Crippen molar-refractivity contribution in [2.45, 2.75) is 10.9 Å². The standard InChI is InChI=1S/C19H19FN2O5S/c1-27-19(24)17-13-21(18(23)14-6-5-7-15(20)12-14)10-11-22(17)28(25,26)16-8-3-2-4-9-16/h2-9,12,17H,10-11,13H2,1H3/t17-/m0/s1. The number of carbonyl (C=O) groups excluding carboxylic acids is 2. The summed E-state index contributed by atoms with van der Waals surface area (Å²) in [6, 6.07) is 11.7. The predicted octanol–water partition coefficient (Wildman–Crippen LogP) is 1.51. The summed E-state index contributed by atoms with van der Waals surface area (Å²) in [6.07, 6.45) is 0. The third kappa shape index (κ3) is 3.90. The first-order chi connectivity index (χ1) is 13.3. The van der Waals surface area contributed by atoms with Gasteiger partial charge in [0.2, 0.25) is 10.0 Å². The summed E-state index contributed by atoms with van der Waals surface area (Å²) < 4.78 is 45.2. The fraction of sp³-hybridized carbons (Fsp3) is 0.263. The largest absolute Gasteiger partial charge is 0.468 e. The number of carbonyl (C=O) groups is 2. The van der Waals surface area contributed by atoms with Gasteiger partial charge in [-0.3, -0.25) is 9.59 Å². The molecule has 1 aliphatic heterocycles. The number of hydrogen-bond donors (Lipinski definition) is 0. The molecule has 1 aliphatic rings. The first kappa shape index (κ1) is 20.0. The summed E-state index contributed by atoms with van der Waals surface area (Å²) in [6.45, 7) is -0.207. The van der Waals surface area contributed by atoms with Gasteiger partial charge in [-0.15, -0.1) is 0 Å². The molecule has 1 heterocycles. The minimum Gasteiger partial charge on any atom is -0.468 e. The lowest BCUT2D eigenvalue weighted by atomic mass is 10.1. The molecule has 7 nitrogen and oxygen atoms in total. The third-order valence-electron chi connectivity index (χ3n) is 4.51. The van der Waals surface area contributed by atoms with Gasteiger partial charge in [0, 0.05) is 25.2 Å². The van der Waals surface area contributed by atoms with Gasteiger partial charge >= 0.3 is 5.97 Å². The molecule has 0 N–H and O–H groups in total. The number of ether oxygens (including phenoxy) is 1. The van der Waals surface area contributed by atoms with Crippen LogP contribution >= 0.6 is 0 Å². The number of nitrogens with zero attached hydrogens (tertiary/aromatic N) is 2. The van der Waals surface area contributed by atoms with Crippen molar-refractivity contribution >= 4 is 21.9 Å². The molecule has 9 heteroatoms. The Hall–Kier alpha value is -2.78. The molecule has 0 radical (unpaired) electrons.